The third-order valence-electron chi connectivity index (χ3n) is 3.41. The molecule has 0 aromatic carbocycles. The molecule has 0 unspecified atom stereocenters. The van der Waals surface area contributed by atoms with Crippen molar-refractivity contribution in [1.29, 1.82) is 0 Å². The molecule has 2 heterocycles. The fraction of sp³-hybridized carbons (Fsp3) is 0.462. The van der Waals surface area contributed by atoms with Crippen molar-refractivity contribution in [3.8, 4) is 0 Å². The predicted molar refractivity (Wildman–Crippen MR) is 68.9 cm³/mol. The highest BCUT2D eigenvalue weighted by Gasteiger charge is 2.15. The summed E-state index contributed by atoms with van der Waals surface area (Å²) < 4.78 is 3.43. The van der Waals surface area contributed by atoms with Gasteiger partial charge in [-0.2, -0.15) is 0 Å². The second kappa shape index (κ2) is 3.88. The molecule has 1 aliphatic rings. The van der Waals surface area contributed by atoms with E-state index in [1.165, 1.54) is 47.1 Å². The molecule has 2 nitrogen and oxygen atoms in total. The zero-order chi connectivity index (χ0) is 11.1. The van der Waals surface area contributed by atoms with Gasteiger partial charge in [-0.05, 0) is 60.2 Å². The molecule has 0 saturated carbocycles. The minimum Gasteiger partial charge on any atom is -0.303 e. The van der Waals surface area contributed by atoms with Crippen LogP contribution in [-0.4, -0.2) is 9.38 Å². The highest BCUT2D eigenvalue weighted by molar-refractivity contribution is 9.10. The monoisotopic (exact) mass is 278 g/mol. The van der Waals surface area contributed by atoms with E-state index in [9.17, 15) is 0 Å². The molecular formula is C13H15BrN2. The Hall–Kier alpha value is -0.830. The average molecular weight is 279 g/mol. The van der Waals surface area contributed by atoms with Gasteiger partial charge in [0.05, 0.1) is 5.69 Å². The Morgan fingerprint density at radius 2 is 2.06 bits per heavy atom. The van der Waals surface area contributed by atoms with Gasteiger partial charge in [0.25, 0.3) is 0 Å². The molecule has 0 bridgehead atoms. The maximum absolute atomic E-state index is 4.76. The first-order valence-electron chi connectivity index (χ1n) is 5.91. The molecule has 0 radical (unpaired) electrons. The van der Waals surface area contributed by atoms with Gasteiger partial charge >= 0.3 is 0 Å². The Bertz CT molecular complexity index is 542. The predicted octanol–water partition coefficient (Wildman–Crippen LogP) is 3.67. The number of nitrogens with zero attached hydrogens (tertiary/aromatic N) is 2. The lowest BCUT2D eigenvalue weighted by Gasteiger charge is -2.03. The van der Waals surface area contributed by atoms with E-state index >= 15 is 0 Å². The number of aromatic nitrogens is 2. The van der Waals surface area contributed by atoms with Crippen LogP contribution in [0, 0.1) is 6.92 Å². The third kappa shape index (κ3) is 1.58. The Labute approximate surface area is 104 Å². The maximum atomic E-state index is 4.76. The SMILES string of the molecule is Cc1cc2nc3c(n2cc1Br)CCCCC3. The summed E-state index contributed by atoms with van der Waals surface area (Å²) in [6.45, 7) is 2.12. The molecule has 3 heteroatoms. The summed E-state index contributed by atoms with van der Waals surface area (Å²) in [7, 11) is 0. The fourth-order valence-corrected chi connectivity index (χ4v) is 2.80. The van der Waals surface area contributed by atoms with E-state index in [2.05, 4.69) is 39.5 Å². The van der Waals surface area contributed by atoms with Gasteiger partial charge in [0.2, 0.25) is 0 Å². The molecule has 16 heavy (non-hydrogen) atoms. The highest BCUT2D eigenvalue weighted by atomic mass is 79.9. The van der Waals surface area contributed by atoms with Crippen LogP contribution >= 0.6 is 15.9 Å². The number of fused-ring (bicyclic) bond motifs is 3. The summed E-state index contributed by atoms with van der Waals surface area (Å²) in [5.41, 5.74) is 5.10. The summed E-state index contributed by atoms with van der Waals surface area (Å²) >= 11 is 3.60. The molecule has 2 aromatic heterocycles. The first-order chi connectivity index (χ1) is 7.75. The minimum atomic E-state index is 1.10. The van der Waals surface area contributed by atoms with Crippen molar-refractivity contribution in [1.82, 2.24) is 9.38 Å². The number of aryl methyl sites for hydroxylation is 3. The number of hydrogen-bond acceptors (Lipinski definition) is 1. The van der Waals surface area contributed by atoms with Gasteiger partial charge in [-0.1, -0.05) is 6.42 Å². The molecular weight excluding hydrogens is 264 g/mol. The molecule has 0 amide bonds. The average Bonchev–Trinajstić information content (AvgIpc) is 2.47. The summed E-state index contributed by atoms with van der Waals surface area (Å²) in [6, 6.07) is 2.17. The van der Waals surface area contributed by atoms with Crippen molar-refractivity contribution in [2.45, 2.75) is 39.0 Å². The lowest BCUT2D eigenvalue weighted by Crippen LogP contribution is -1.95. The number of imidazole rings is 1. The topological polar surface area (TPSA) is 17.3 Å². The van der Waals surface area contributed by atoms with Crippen molar-refractivity contribution >= 4 is 21.6 Å². The molecule has 0 atom stereocenters. The Morgan fingerprint density at radius 3 is 2.94 bits per heavy atom. The maximum Gasteiger partial charge on any atom is 0.137 e. The zero-order valence-electron chi connectivity index (χ0n) is 9.46. The standard InChI is InChI=1S/C13H15BrN2/c1-9-7-13-15-11-5-3-2-4-6-12(11)16(13)8-10(9)14/h7-8H,2-6H2,1H3. The first-order valence-corrected chi connectivity index (χ1v) is 6.71. The third-order valence-corrected chi connectivity index (χ3v) is 4.24. The van der Waals surface area contributed by atoms with Crippen molar-refractivity contribution in [2.24, 2.45) is 0 Å². The summed E-state index contributed by atoms with van der Waals surface area (Å²) in [4.78, 5) is 4.76. The van der Waals surface area contributed by atoms with Gasteiger partial charge < -0.3 is 4.40 Å². The lowest BCUT2D eigenvalue weighted by atomic mass is 10.2. The van der Waals surface area contributed by atoms with Crippen LogP contribution in [0.3, 0.4) is 0 Å². The van der Waals surface area contributed by atoms with Crippen molar-refractivity contribution in [3.63, 3.8) is 0 Å². The van der Waals surface area contributed by atoms with Crippen LogP contribution in [-0.2, 0) is 12.8 Å². The summed E-state index contributed by atoms with van der Waals surface area (Å²) in [5, 5.41) is 0. The van der Waals surface area contributed by atoms with E-state index in [1.807, 2.05) is 0 Å². The molecule has 84 valence electrons. The molecule has 0 N–H and O–H groups in total. The van der Waals surface area contributed by atoms with Crippen LogP contribution < -0.4 is 0 Å². The first kappa shape index (κ1) is 10.3. The quantitative estimate of drug-likeness (QED) is 0.672. The van der Waals surface area contributed by atoms with Crippen LogP contribution in [0.5, 0.6) is 0 Å². The number of hydrogen-bond donors (Lipinski definition) is 0. The largest absolute Gasteiger partial charge is 0.303 e. The van der Waals surface area contributed by atoms with Gasteiger partial charge in [-0.15, -0.1) is 0 Å². The lowest BCUT2D eigenvalue weighted by molar-refractivity contribution is 0.701. The van der Waals surface area contributed by atoms with Crippen LogP contribution in [0.15, 0.2) is 16.7 Å². The van der Waals surface area contributed by atoms with Gasteiger partial charge in [-0.25, -0.2) is 4.98 Å². The van der Waals surface area contributed by atoms with Crippen LogP contribution in [0.2, 0.25) is 0 Å². The van der Waals surface area contributed by atoms with E-state index in [0.717, 1.165) is 12.1 Å². The fourth-order valence-electron chi connectivity index (χ4n) is 2.48. The van der Waals surface area contributed by atoms with Gasteiger partial charge in [0.1, 0.15) is 5.65 Å². The van der Waals surface area contributed by atoms with E-state index < -0.39 is 0 Å². The van der Waals surface area contributed by atoms with Crippen LogP contribution in [0.25, 0.3) is 5.65 Å². The second-order valence-electron chi connectivity index (χ2n) is 4.60. The van der Waals surface area contributed by atoms with Crippen molar-refractivity contribution < 1.29 is 0 Å². The van der Waals surface area contributed by atoms with E-state index in [4.69, 9.17) is 4.98 Å². The Balaban J connectivity index is 2.26. The normalized spacial score (nSPS) is 16.1. The Morgan fingerprint density at radius 1 is 1.25 bits per heavy atom. The second-order valence-corrected chi connectivity index (χ2v) is 5.45. The molecule has 0 fully saturated rings. The number of halogens is 1. The molecule has 2 aromatic rings. The zero-order valence-corrected chi connectivity index (χ0v) is 11.0. The smallest absolute Gasteiger partial charge is 0.137 e. The summed E-state index contributed by atoms with van der Waals surface area (Å²) in [5.74, 6) is 0. The molecule has 0 saturated heterocycles. The molecule has 0 aliphatic heterocycles. The van der Waals surface area contributed by atoms with Gasteiger partial charge in [0, 0.05) is 16.4 Å². The molecule has 1 aliphatic carbocycles. The van der Waals surface area contributed by atoms with E-state index in [0.29, 0.717) is 0 Å². The Kier molecular flexibility index (Phi) is 2.51. The van der Waals surface area contributed by atoms with Gasteiger partial charge in [-0.3, -0.25) is 0 Å². The molecule has 3 rings (SSSR count). The van der Waals surface area contributed by atoms with Crippen molar-refractivity contribution in [3.05, 3.63) is 33.7 Å². The summed E-state index contributed by atoms with van der Waals surface area (Å²) in [6.07, 6.45) is 8.41. The minimum absolute atomic E-state index is 1.10. The van der Waals surface area contributed by atoms with E-state index in [-0.39, 0.29) is 0 Å². The van der Waals surface area contributed by atoms with Crippen LogP contribution in [0.1, 0.15) is 36.2 Å². The van der Waals surface area contributed by atoms with Crippen LogP contribution in [0.4, 0.5) is 0 Å². The highest BCUT2D eigenvalue weighted by Crippen LogP contribution is 2.25. The number of rotatable bonds is 0. The van der Waals surface area contributed by atoms with E-state index in [1.54, 1.807) is 0 Å². The van der Waals surface area contributed by atoms with Gasteiger partial charge in [0.15, 0.2) is 0 Å². The molecule has 0 spiro atoms. The number of pyridine rings is 1. The van der Waals surface area contributed by atoms with Crippen molar-refractivity contribution in [2.75, 3.05) is 0 Å².